The molecule has 12 heteroatoms. The molecule has 1 atom stereocenters. The van der Waals surface area contributed by atoms with Crippen LogP contribution in [0, 0.1) is 0 Å². The Morgan fingerprint density at radius 2 is 1.76 bits per heavy atom. The predicted molar refractivity (Wildman–Crippen MR) is 152 cm³/mol. The Morgan fingerprint density at radius 3 is 2.51 bits per heavy atom. The maximum absolute atomic E-state index is 13.6. The molecule has 0 aliphatic carbocycles. The highest BCUT2D eigenvalue weighted by atomic mass is 32.2. The van der Waals surface area contributed by atoms with Crippen molar-refractivity contribution in [3.05, 3.63) is 90.8 Å². The van der Waals surface area contributed by atoms with Crippen LogP contribution in [0.25, 0.3) is 11.1 Å². The van der Waals surface area contributed by atoms with Crippen molar-refractivity contribution in [1.82, 2.24) is 19.8 Å². The van der Waals surface area contributed by atoms with Crippen molar-refractivity contribution < 1.29 is 27.5 Å². The van der Waals surface area contributed by atoms with Gasteiger partial charge in [-0.25, -0.2) is 17.9 Å². The van der Waals surface area contributed by atoms with Gasteiger partial charge in [-0.15, -0.1) is 0 Å². The van der Waals surface area contributed by atoms with E-state index in [1.54, 1.807) is 67.6 Å². The summed E-state index contributed by atoms with van der Waals surface area (Å²) in [6.45, 7) is 0.0935. The third-order valence-corrected chi connectivity index (χ3v) is 8.05. The number of hydrogen-bond acceptors (Lipinski definition) is 7. The summed E-state index contributed by atoms with van der Waals surface area (Å²) < 4.78 is 41.0. The van der Waals surface area contributed by atoms with Crippen LogP contribution in [0.1, 0.15) is 12.0 Å². The van der Waals surface area contributed by atoms with Crippen molar-refractivity contribution in [2.24, 2.45) is 7.05 Å². The van der Waals surface area contributed by atoms with Gasteiger partial charge in [0.05, 0.1) is 11.1 Å². The first-order chi connectivity index (χ1) is 19.7. The van der Waals surface area contributed by atoms with Gasteiger partial charge in [0.1, 0.15) is 6.04 Å². The largest absolute Gasteiger partial charge is 0.454 e. The Bertz CT molecular complexity index is 1670. The molecule has 0 saturated heterocycles. The zero-order chi connectivity index (χ0) is 29.0. The van der Waals surface area contributed by atoms with Gasteiger partial charge in [-0.3, -0.25) is 9.48 Å². The number of hydrogen-bond donors (Lipinski definition) is 2. The minimum absolute atomic E-state index is 0.0900. The molecule has 0 unspecified atom stereocenters. The monoisotopic (exact) mass is 575 g/mol. The molecular formula is C29H29N5O6S. The fraction of sp³-hybridized carbons (Fsp3) is 0.207. The molecule has 212 valence electrons. The molecule has 3 aromatic carbocycles. The van der Waals surface area contributed by atoms with E-state index < -0.39 is 28.0 Å². The molecule has 2 heterocycles. The number of sulfonamides is 1. The molecule has 1 aliphatic heterocycles. The van der Waals surface area contributed by atoms with Crippen LogP contribution in [-0.2, 0) is 28.3 Å². The molecule has 0 spiro atoms. The highest BCUT2D eigenvalue weighted by molar-refractivity contribution is 7.90. The molecule has 0 saturated carbocycles. The van der Waals surface area contributed by atoms with Crippen LogP contribution in [0.2, 0.25) is 0 Å². The van der Waals surface area contributed by atoms with E-state index in [0.29, 0.717) is 34.7 Å². The first-order valence-corrected chi connectivity index (χ1v) is 14.3. The van der Waals surface area contributed by atoms with Crippen molar-refractivity contribution in [3.8, 4) is 22.6 Å². The average molecular weight is 576 g/mol. The number of fused-ring (bicyclic) bond motifs is 1. The smallest absolute Gasteiger partial charge is 0.329 e. The molecule has 0 radical (unpaired) electrons. The number of carbonyl (C=O) groups is 2. The van der Waals surface area contributed by atoms with Crippen LogP contribution in [-0.4, -0.2) is 50.0 Å². The molecule has 5 rings (SSSR count). The average Bonchev–Trinajstić information content (AvgIpc) is 3.63. The van der Waals surface area contributed by atoms with Crippen LogP contribution in [0.15, 0.2) is 90.1 Å². The first kappa shape index (κ1) is 27.7. The van der Waals surface area contributed by atoms with E-state index in [0.717, 1.165) is 5.56 Å². The maximum Gasteiger partial charge on any atom is 0.329 e. The Labute approximate surface area is 237 Å². The summed E-state index contributed by atoms with van der Waals surface area (Å²) in [6, 6.07) is 18.8. The Balaban J connectivity index is 1.35. The second-order valence-corrected chi connectivity index (χ2v) is 11.1. The van der Waals surface area contributed by atoms with Crippen molar-refractivity contribution in [3.63, 3.8) is 0 Å². The molecule has 0 fully saturated rings. The highest BCUT2D eigenvalue weighted by Gasteiger charge is 2.29. The third kappa shape index (κ3) is 6.33. The van der Waals surface area contributed by atoms with E-state index in [1.165, 1.54) is 11.0 Å². The van der Waals surface area contributed by atoms with E-state index in [2.05, 4.69) is 15.1 Å². The van der Waals surface area contributed by atoms with Crippen molar-refractivity contribution in [2.75, 3.05) is 18.7 Å². The maximum atomic E-state index is 13.6. The van der Waals surface area contributed by atoms with Gasteiger partial charge in [-0.05, 0) is 36.6 Å². The Kier molecular flexibility index (Phi) is 7.92. The van der Waals surface area contributed by atoms with Crippen LogP contribution in [0.5, 0.6) is 11.5 Å². The number of benzene rings is 3. The number of aryl methyl sites for hydroxylation is 2. The number of amides is 3. The van der Waals surface area contributed by atoms with Gasteiger partial charge in [0.25, 0.3) is 10.0 Å². The minimum Gasteiger partial charge on any atom is -0.454 e. The second kappa shape index (κ2) is 11.7. The molecule has 4 aromatic rings. The van der Waals surface area contributed by atoms with Crippen LogP contribution in [0.4, 0.5) is 10.5 Å². The minimum atomic E-state index is -4.30. The number of likely N-dealkylation sites (N-methyl/N-ethyl adjacent to an activating group) is 1. The lowest BCUT2D eigenvalue weighted by atomic mass is 10.0. The Morgan fingerprint density at radius 1 is 1.02 bits per heavy atom. The number of nitrogens with one attached hydrogen (secondary N) is 2. The topological polar surface area (TPSA) is 132 Å². The second-order valence-electron chi connectivity index (χ2n) is 9.49. The van der Waals surface area contributed by atoms with Crippen molar-refractivity contribution >= 4 is 27.6 Å². The molecular weight excluding hydrogens is 546 g/mol. The molecule has 0 bridgehead atoms. The Hall–Kier alpha value is -4.84. The highest BCUT2D eigenvalue weighted by Crippen LogP contribution is 2.35. The number of carbonyl (C=O) groups excluding carboxylic acids is 2. The zero-order valence-corrected chi connectivity index (χ0v) is 23.3. The summed E-state index contributed by atoms with van der Waals surface area (Å²) in [6.07, 6.45) is 3.93. The fourth-order valence-electron chi connectivity index (χ4n) is 4.53. The van der Waals surface area contributed by atoms with Crippen molar-refractivity contribution in [2.45, 2.75) is 23.8 Å². The van der Waals surface area contributed by atoms with Gasteiger partial charge in [0, 0.05) is 43.2 Å². The number of rotatable bonds is 9. The summed E-state index contributed by atoms with van der Waals surface area (Å²) in [7, 11) is -1.00. The lowest BCUT2D eigenvalue weighted by Crippen LogP contribution is -2.51. The molecule has 11 nitrogen and oxygen atoms in total. The summed E-state index contributed by atoms with van der Waals surface area (Å²) in [5.41, 5.74) is 2.47. The van der Waals surface area contributed by atoms with Gasteiger partial charge in [-0.1, -0.05) is 48.5 Å². The molecule has 2 N–H and O–H groups in total. The lowest BCUT2D eigenvalue weighted by Gasteiger charge is -2.25. The van der Waals surface area contributed by atoms with Crippen LogP contribution < -0.4 is 24.4 Å². The standard InChI is InChI=1S/C29H29N5O6S/c1-33-18-21(17-30-33)23-10-6-7-11-27(23)41(37,38)32-29(36)31-24(14-12-20-8-4-3-5-9-20)28(35)34(2)22-13-15-25-26(16-22)40-19-39-25/h3-11,13,15-18,24H,12,14,19H2,1-2H3,(H2,31,32,36)/t24-/m0/s1. The van der Waals surface area contributed by atoms with E-state index in [9.17, 15) is 18.0 Å². The normalized spacial score (nSPS) is 12.9. The van der Waals surface area contributed by atoms with Gasteiger partial charge in [0.15, 0.2) is 11.5 Å². The summed E-state index contributed by atoms with van der Waals surface area (Å²) in [4.78, 5) is 28.0. The number of aromatic nitrogens is 2. The summed E-state index contributed by atoms with van der Waals surface area (Å²) >= 11 is 0. The number of urea groups is 1. The zero-order valence-electron chi connectivity index (χ0n) is 22.5. The fourth-order valence-corrected chi connectivity index (χ4v) is 5.68. The van der Waals surface area contributed by atoms with E-state index >= 15 is 0 Å². The summed E-state index contributed by atoms with van der Waals surface area (Å²) in [5.74, 6) is 0.652. The quantitative estimate of drug-likeness (QED) is 0.312. The lowest BCUT2D eigenvalue weighted by molar-refractivity contribution is -0.120. The number of anilines is 1. The van der Waals surface area contributed by atoms with Gasteiger partial charge in [-0.2, -0.15) is 5.10 Å². The van der Waals surface area contributed by atoms with E-state index in [-0.39, 0.29) is 18.1 Å². The van der Waals surface area contributed by atoms with E-state index in [1.807, 2.05) is 30.3 Å². The van der Waals surface area contributed by atoms with Gasteiger partial charge < -0.3 is 19.7 Å². The van der Waals surface area contributed by atoms with E-state index in [4.69, 9.17) is 9.47 Å². The molecule has 1 aliphatic rings. The summed E-state index contributed by atoms with van der Waals surface area (Å²) in [5, 5.41) is 6.69. The number of nitrogens with zero attached hydrogens (tertiary/aromatic N) is 3. The van der Waals surface area contributed by atoms with Crippen LogP contribution >= 0.6 is 0 Å². The molecule has 41 heavy (non-hydrogen) atoms. The first-order valence-electron chi connectivity index (χ1n) is 12.8. The predicted octanol–water partition coefficient (Wildman–Crippen LogP) is 3.47. The molecule has 3 amide bonds. The number of ether oxygens (including phenoxy) is 2. The van der Waals surface area contributed by atoms with Crippen molar-refractivity contribution in [1.29, 1.82) is 0 Å². The SMILES string of the molecule is CN(C(=O)[C@H](CCc1ccccc1)NC(=O)NS(=O)(=O)c1ccccc1-c1cnn(C)c1)c1ccc2c(c1)OCO2. The van der Waals surface area contributed by atoms with Gasteiger partial charge in [0.2, 0.25) is 12.7 Å². The van der Waals surface area contributed by atoms with Crippen LogP contribution in [0.3, 0.4) is 0 Å². The van der Waals surface area contributed by atoms with Gasteiger partial charge >= 0.3 is 6.03 Å². The molecule has 1 aromatic heterocycles. The third-order valence-electron chi connectivity index (χ3n) is 6.66.